The topological polar surface area (TPSA) is 41.6 Å². The van der Waals surface area contributed by atoms with Crippen molar-refractivity contribution in [2.45, 2.75) is 33.0 Å². The Bertz CT molecular complexity index is 753. The summed E-state index contributed by atoms with van der Waals surface area (Å²) in [6, 6.07) is 16.3. The molecule has 138 valence electrons. The van der Waals surface area contributed by atoms with Gasteiger partial charge in [-0.1, -0.05) is 36.4 Å². The van der Waals surface area contributed by atoms with Gasteiger partial charge in [0.1, 0.15) is 5.75 Å². The summed E-state index contributed by atoms with van der Waals surface area (Å²) in [5, 5.41) is 2.97. The molecule has 0 aliphatic heterocycles. The zero-order valence-corrected chi connectivity index (χ0v) is 16.0. The van der Waals surface area contributed by atoms with Gasteiger partial charge in [-0.25, -0.2) is 0 Å². The van der Waals surface area contributed by atoms with Crippen LogP contribution in [0.15, 0.2) is 54.6 Å². The van der Waals surface area contributed by atoms with E-state index in [-0.39, 0.29) is 5.91 Å². The van der Waals surface area contributed by atoms with Crippen molar-refractivity contribution in [3.63, 3.8) is 0 Å². The molecule has 0 saturated carbocycles. The first-order valence-electron chi connectivity index (χ1n) is 8.86. The third-order valence-electron chi connectivity index (χ3n) is 4.39. The molecule has 0 spiro atoms. The molecule has 0 radical (unpaired) electrons. The largest absolute Gasteiger partial charge is 0.497 e. The first kappa shape index (κ1) is 19.7. The van der Waals surface area contributed by atoms with Crippen molar-refractivity contribution in [2.24, 2.45) is 0 Å². The lowest BCUT2D eigenvalue weighted by Gasteiger charge is -2.22. The van der Waals surface area contributed by atoms with Crippen LogP contribution in [0.25, 0.3) is 6.08 Å². The van der Waals surface area contributed by atoms with Crippen molar-refractivity contribution in [3.8, 4) is 5.75 Å². The molecule has 0 atom stereocenters. The summed E-state index contributed by atoms with van der Waals surface area (Å²) in [6.45, 7) is 5.73. The van der Waals surface area contributed by atoms with Gasteiger partial charge in [-0.2, -0.15) is 0 Å². The van der Waals surface area contributed by atoms with Gasteiger partial charge in [0.05, 0.1) is 7.11 Å². The average Bonchev–Trinajstić information content (AvgIpc) is 2.65. The highest BCUT2D eigenvalue weighted by atomic mass is 16.5. The Kier molecular flexibility index (Phi) is 7.42. The number of hydrogen-bond acceptors (Lipinski definition) is 3. The predicted octanol–water partition coefficient (Wildman–Crippen LogP) is 3.87. The summed E-state index contributed by atoms with van der Waals surface area (Å²) in [4.78, 5) is 14.4. The predicted molar refractivity (Wildman–Crippen MR) is 107 cm³/mol. The van der Waals surface area contributed by atoms with E-state index in [1.165, 1.54) is 5.56 Å². The monoisotopic (exact) mass is 352 g/mol. The summed E-state index contributed by atoms with van der Waals surface area (Å²) < 4.78 is 5.19. The van der Waals surface area contributed by atoms with Crippen LogP contribution < -0.4 is 10.1 Å². The minimum Gasteiger partial charge on any atom is -0.497 e. The number of hydrogen-bond donors (Lipinski definition) is 1. The van der Waals surface area contributed by atoms with Gasteiger partial charge in [0.15, 0.2) is 0 Å². The van der Waals surface area contributed by atoms with E-state index in [1.54, 1.807) is 19.3 Å². The van der Waals surface area contributed by atoms with E-state index in [0.717, 1.165) is 23.4 Å². The van der Waals surface area contributed by atoms with E-state index in [9.17, 15) is 4.79 Å². The molecule has 0 unspecified atom stereocenters. The normalized spacial score (nSPS) is 11.3. The molecule has 4 nitrogen and oxygen atoms in total. The van der Waals surface area contributed by atoms with Crippen LogP contribution >= 0.6 is 0 Å². The smallest absolute Gasteiger partial charge is 0.244 e. The molecule has 2 aromatic rings. The Labute approximate surface area is 156 Å². The van der Waals surface area contributed by atoms with Gasteiger partial charge in [0.25, 0.3) is 0 Å². The van der Waals surface area contributed by atoms with Crippen molar-refractivity contribution < 1.29 is 9.53 Å². The number of benzene rings is 2. The average molecular weight is 352 g/mol. The number of nitrogens with zero attached hydrogens (tertiary/aromatic N) is 1. The molecule has 0 fully saturated rings. The number of methoxy groups -OCH3 is 1. The maximum Gasteiger partial charge on any atom is 0.244 e. The van der Waals surface area contributed by atoms with Gasteiger partial charge in [0, 0.05) is 25.2 Å². The van der Waals surface area contributed by atoms with E-state index in [2.05, 4.69) is 43.2 Å². The first-order valence-corrected chi connectivity index (χ1v) is 8.86. The fraction of sp³-hybridized carbons (Fsp3) is 0.318. The number of amides is 1. The van der Waals surface area contributed by atoms with Crippen LogP contribution in [0.5, 0.6) is 5.75 Å². The fourth-order valence-electron chi connectivity index (χ4n) is 2.49. The Morgan fingerprint density at radius 3 is 2.58 bits per heavy atom. The van der Waals surface area contributed by atoms with Crippen molar-refractivity contribution in [1.29, 1.82) is 0 Å². The lowest BCUT2D eigenvalue weighted by molar-refractivity contribution is -0.116. The molecule has 0 aromatic heterocycles. The lowest BCUT2D eigenvalue weighted by atomic mass is 10.1. The summed E-state index contributed by atoms with van der Waals surface area (Å²) in [5.74, 6) is 0.663. The molecular formula is C22H28N2O2. The zero-order chi connectivity index (χ0) is 18.9. The van der Waals surface area contributed by atoms with Crippen LogP contribution in [0.1, 0.15) is 30.5 Å². The molecule has 4 heteroatoms. The molecule has 0 saturated heterocycles. The van der Waals surface area contributed by atoms with Crippen LogP contribution in [-0.2, 0) is 17.9 Å². The Morgan fingerprint density at radius 2 is 1.88 bits per heavy atom. The molecule has 2 aromatic carbocycles. The minimum absolute atomic E-state index is 0.111. The Hall–Kier alpha value is -2.59. The molecule has 1 amide bonds. The second-order valence-electron chi connectivity index (χ2n) is 6.61. The molecule has 2 rings (SSSR count). The SMILES string of the molecule is COc1cccc(/C=C/C(=O)NCc2ccccc2CN(C)C(C)C)c1. The van der Waals surface area contributed by atoms with Crippen LogP contribution in [0.4, 0.5) is 0 Å². The van der Waals surface area contributed by atoms with Gasteiger partial charge in [-0.15, -0.1) is 0 Å². The van der Waals surface area contributed by atoms with Crippen LogP contribution in [0.3, 0.4) is 0 Å². The van der Waals surface area contributed by atoms with Gasteiger partial charge < -0.3 is 10.1 Å². The third-order valence-corrected chi connectivity index (χ3v) is 4.39. The molecule has 1 N–H and O–H groups in total. The summed E-state index contributed by atoms with van der Waals surface area (Å²) >= 11 is 0. The number of rotatable bonds is 8. The quantitative estimate of drug-likeness (QED) is 0.734. The summed E-state index contributed by atoms with van der Waals surface area (Å²) in [5.41, 5.74) is 3.31. The van der Waals surface area contributed by atoms with Crippen LogP contribution in [-0.4, -0.2) is 31.0 Å². The molecule has 0 heterocycles. The molecule has 0 aliphatic rings. The number of carbonyl (C=O) groups is 1. The minimum atomic E-state index is -0.111. The third kappa shape index (κ3) is 6.05. The molecular weight excluding hydrogens is 324 g/mol. The first-order chi connectivity index (χ1) is 12.5. The van der Waals surface area contributed by atoms with Crippen molar-refractivity contribution in [2.75, 3.05) is 14.2 Å². The molecule has 0 bridgehead atoms. The van der Waals surface area contributed by atoms with Gasteiger partial charge in [-0.3, -0.25) is 9.69 Å². The van der Waals surface area contributed by atoms with Gasteiger partial charge in [-0.05, 0) is 55.8 Å². The Morgan fingerprint density at radius 1 is 1.15 bits per heavy atom. The number of nitrogens with one attached hydrogen (secondary N) is 1. The molecule has 26 heavy (non-hydrogen) atoms. The maximum atomic E-state index is 12.1. The van der Waals surface area contributed by atoms with E-state index in [4.69, 9.17) is 4.74 Å². The molecule has 0 aliphatic carbocycles. The van der Waals surface area contributed by atoms with Gasteiger partial charge in [0.2, 0.25) is 5.91 Å². The standard InChI is InChI=1S/C22H28N2O2/c1-17(2)24(3)16-20-10-6-5-9-19(20)15-23-22(25)13-12-18-8-7-11-21(14-18)26-4/h5-14,17H,15-16H2,1-4H3,(H,23,25)/b13-12+. The van der Waals surface area contributed by atoms with Crippen LogP contribution in [0.2, 0.25) is 0 Å². The maximum absolute atomic E-state index is 12.1. The van der Waals surface area contributed by atoms with Gasteiger partial charge >= 0.3 is 0 Å². The summed E-state index contributed by atoms with van der Waals surface area (Å²) in [7, 11) is 3.74. The highest BCUT2D eigenvalue weighted by Crippen LogP contribution is 2.14. The highest BCUT2D eigenvalue weighted by molar-refractivity contribution is 5.91. The second-order valence-corrected chi connectivity index (χ2v) is 6.61. The Balaban J connectivity index is 1.95. The zero-order valence-electron chi connectivity index (χ0n) is 16.0. The van der Waals surface area contributed by atoms with E-state index in [1.807, 2.05) is 36.4 Å². The fourth-order valence-corrected chi connectivity index (χ4v) is 2.49. The number of carbonyl (C=O) groups excluding carboxylic acids is 1. The van der Waals surface area contributed by atoms with E-state index in [0.29, 0.717) is 12.6 Å². The second kappa shape index (κ2) is 9.78. The van der Waals surface area contributed by atoms with E-state index >= 15 is 0 Å². The van der Waals surface area contributed by atoms with Crippen molar-refractivity contribution in [3.05, 3.63) is 71.3 Å². The summed E-state index contributed by atoms with van der Waals surface area (Å²) in [6.07, 6.45) is 3.34. The highest BCUT2D eigenvalue weighted by Gasteiger charge is 2.08. The van der Waals surface area contributed by atoms with Crippen molar-refractivity contribution in [1.82, 2.24) is 10.2 Å². The lowest BCUT2D eigenvalue weighted by Crippen LogP contribution is -2.27. The van der Waals surface area contributed by atoms with Crippen molar-refractivity contribution >= 4 is 12.0 Å². The van der Waals surface area contributed by atoms with E-state index < -0.39 is 0 Å². The number of ether oxygens (including phenoxy) is 1. The van der Waals surface area contributed by atoms with Crippen LogP contribution in [0, 0.1) is 0 Å².